The minimum atomic E-state index is -1.79. The Bertz CT molecular complexity index is 1270. The third-order valence-electron chi connectivity index (χ3n) is 10.4. The third kappa shape index (κ3) is 4.17. The van der Waals surface area contributed by atoms with E-state index in [0.717, 1.165) is 5.57 Å². The maximum absolute atomic E-state index is 13.7. The van der Waals surface area contributed by atoms with Crippen LogP contribution in [0.25, 0.3) is 0 Å². The van der Waals surface area contributed by atoms with Crippen LogP contribution in [-0.2, 0) is 28.5 Å². The molecule has 9 atom stereocenters. The molecule has 1 saturated heterocycles. The van der Waals surface area contributed by atoms with Gasteiger partial charge in [0.05, 0.1) is 24.2 Å². The van der Waals surface area contributed by atoms with Gasteiger partial charge in [0.1, 0.15) is 23.9 Å². The Morgan fingerprint density at radius 1 is 1.00 bits per heavy atom. The molecule has 2 bridgehead atoms. The molecule has 10 nitrogen and oxygen atoms in total. The average Bonchev–Trinajstić information content (AvgIpc) is 2.89. The smallest absolute Gasteiger partial charge is 0.338 e. The molecule has 4 aliphatic rings. The van der Waals surface area contributed by atoms with Gasteiger partial charge in [-0.1, -0.05) is 44.5 Å². The molecule has 3 fully saturated rings. The van der Waals surface area contributed by atoms with Gasteiger partial charge in [0, 0.05) is 31.1 Å². The molecule has 5 rings (SSSR count). The highest BCUT2D eigenvalue weighted by atomic mass is 16.6. The van der Waals surface area contributed by atoms with Crippen LogP contribution in [0.15, 0.2) is 41.5 Å². The number of ether oxygens (including phenoxy) is 4. The summed E-state index contributed by atoms with van der Waals surface area (Å²) in [7, 11) is 0. The summed E-state index contributed by atoms with van der Waals surface area (Å²) < 4.78 is 23.9. The molecule has 0 unspecified atom stereocenters. The van der Waals surface area contributed by atoms with Crippen molar-refractivity contribution in [1.82, 2.24) is 0 Å². The minimum absolute atomic E-state index is 0.00331. The fourth-order valence-corrected chi connectivity index (χ4v) is 8.18. The lowest BCUT2D eigenvalue weighted by molar-refractivity contribution is -0.364. The van der Waals surface area contributed by atoms with E-state index in [2.05, 4.69) is 0 Å². The quantitative estimate of drug-likeness (QED) is 0.279. The lowest BCUT2D eigenvalue weighted by atomic mass is 9.44. The van der Waals surface area contributed by atoms with E-state index in [9.17, 15) is 29.7 Å². The normalized spacial score (nSPS) is 41.0. The highest BCUT2D eigenvalue weighted by Crippen LogP contribution is 2.65. The number of allylic oxidation sites excluding steroid dienone is 1. The van der Waals surface area contributed by atoms with Crippen molar-refractivity contribution in [3.05, 3.63) is 47.0 Å². The molecule has 10 heteroatoms. The maximum Gasteiger partial charge on any atom is 0.338 e. The summed E-state index contributed by atoms with van der Waals surface area (Å²) in [5.74, 6) is -3.12. The van der Waals surface area contributed by atoms with Crippen molar-refractivity contribution in [2.75, 3.05) is 6.61 Å². The van der Waals surface area contributed by atoms with Crippen molar-refractivity contribution < 1.29 is 48.7 Å². The zero-order valence-electron chi connectivity index (χ0n) is 24.4. The van der Waals surface area contributed by atoms with Crippen LogP contribution in [-0.4, -0.2) is 81.6 Å². The lowest BCUT2D eigenvalue weighted by Gasteiger charge is -2.68. The van der Waals surface area contributed by atoms with Crippen LogP contribution in [0, 0.1) is 16.7 Å². The zero-order valence-corrected chi connectivity index (χ0v) is 24.4. The number of esters is 3. The first-order chi connectivity index (χ1) is 19.1. The molecule has 1 aromatic rings. The van der Waals surface area contributed by atoms with Crippen LogP contribution in [0.5, 0.6) is 0 Å². The van der Waals surface area contributed by atoms with E-state index >= 15 is 0 Å². The van der Waals surface area contributed by atoms with Gasteiger partial charge in [0.15, 0.2) is 11.7 Å². The standard InChI is InChI=1S/C31H40O10/c1-16-12-13-31(37)26(40-27(36)19-10-8-7-9-11-19)24-29(6,20(34)14-21-30(24,15-38-21)41-18(3)33)25(35)23(39-17(2)32)22(16)28(31,4)5/h7-11,20-21,23-26,34-35,37H,12-15H2,1-6H3/t20-,21+,23+,24-,25-,26-,29+,30-,31+/m0/s1. The van der Waals surface area contributed by atoms with E-state index in [4.69, 9.17) is 18.9 Å². The van der Waals surface area contributed by atoms with Gasteiger partial charge in [-0.2, -0.15) is 0 Å². The number of aliphatic hydroxyl groups is 3. The molecule has 41 heavy (non-hydrogen) atoms. The summed E-state index contributed by atoms with van der Waals surface area (Å²) in [4.78, 5) is 38.7. The van der Waals surface area contributed by atoms with Crippen molar-refractivity contribution in [2.24, 2.45) is 16.7 Å². The highest BCUT2D eigenvalue weighted by molar-refractivity contribution is 5.89. The molecule has 3 aliphatic carbocycles. The summed E-state index contributed by atoms with van der Waals surface area (Å²) in [6, 6.07) is 8.33. The Morgan fingerprint density at radius 2 is 1.66 bits per heavy atom. The Balaban J connectivity index is 1.81. The molecule has 0 radical (unpaired) electrons. The van der Waals surface area contributed by atoms with Crippen LogP contribution < -0.4 is 0 Å². The van der Waals surface area contributed by atoms with Gasteiger partial charge in [-0.25, -0.2) is 4.79 Å². The van der Waals surface area contributed by atoms with Crippen molar-refractivity contribution in [3.8, 4) is 0 Å². The average molecular weight is 573 g/mol. The second-order valence-corrected chi connectivity index (χ2v) is 12.9. The molecular weight excluding hydrogens is 532 g/mol. The molecular formula is C31H40O10. The summed E-state index contributed by atoms with van der Waals surface area (Å²) in [6.07, 6.45) is -5.63. The van der Waals surface area contributed by atoms with Crippen LogP contribution in [0.3, 0.4) is 0 Å². The number of aliphatic hydroxyl groups excluding tert-OH is 2. The summed E-state index contributed by atoms with van der Waals surface area (Å²) in [5, 5.41) is 36.9. The van der Waals surface area contributed by atoms with Gasteiger partial charge in [0.25, 0.3) is 0 Å². The maximum atomic E-state index is 13.7. The Kier molecular flexibility index (Phi) is 7.17. The second kappa shape index (κ2) is 9.90. The molecule has 1 heterocycles. The fraction of sp³-hybridized carbons (Fsp3) is 0.645. The first-order valence-corrected chi connectivity index (χ1v) is 14.1. The van der Waals surface area contributed by atoms with Gasteiger partial charge >= 0.3 is 17.9 Å². The van der Waals surface area contributed by atoms with Crippen LogP contribution >= 0.6 is 0 Å². The van der Waals surface area contributed by atoms with Crippen molar-refractivity contribution in [2.45, 2.75) is 103 Å². The van der Waals surface area contributed by atoms with E-state index in [0.29, 0.717) is 12.0 Å². The van der Waals surface area contributed by atoms with Crippen molar-refractivity contribution >= 4 is 17.9 Å². The van der Waals surface area contributed by atoms with Gasteiger partial charge in [0.2, 0.25) is 0 Å². The number of hydrogen-bond donors (Lipinski definition) is 3. The highest BCUT2D eigenvalue weighted by Gasteiger charge is 2.77. The molecule has 1 aliphatic heterocycles. The summed E-state index contributed by atoms with van der Waals surface area (Å²) >= 11 is 0. The van der Waals surface area contributed by atoms with E-state index in [1.165, 1.54) is 13.8 Å². The number of benzene rings is 1. The van der Waals surface area contributed by atoms with E-state index in [-0.39, 0.29) is 25.0 Å². The first-order valence-electron chi connectivity index (χ1n) is 14.1. The number of hydrogen-bond acceptors (Lipinski definition) is 10. The van der Waals surface area contributed by atoms with E-state index in [1.54, 1.807) is 51.1 Å². The fourth-order valence-electron chi connectivity index (χ4n) is 8.18. The van der Waals surface area contributed by atoms with Crippen molar-refractivity contribution in [1.29, 1.82) is 0 Å². The zero-order chi connectivity index (χ0) is 30.1. The number of fused-ring (bicyclic) bond motifs is 5. The van der Waals surface area contributed by atoms with E-state index in [1.807, 2.05) is 6.92 Å². The SMILES string of the molecule is CC(=O)O[C@@H]1C2=C(C)CC[C@@](O)([C@@H](OC(=O)c3ccccc3)[C@@H]3[C@]4(OC(C)=O)CO[C@@H]4C[C@H](O)[C@@]3(C)[C@H]1O)C2(C)C. The van der Waals surface area contributed by atoms with E-state index < -0.39 is 76.4 Å². The Labute approximate surface area is 239 Å². The van der Waals surface area contributed by atoms with Gasteiger partial charge in [-0.05, 0) is 37.5 Å². The predicted molar refractivity (Wildman–Crippen MR) is 144 cm³/mol. The molecule has 0 spiro atoms. The Hall–Kier alpha value is -2.79. The topological polar surface area (TPSA) is 149 Å². The first kappa shape index (κ1) is 29.7. The third-order valence-corrected chi connectivity index (χ3v) is 10.4. The summed E-state index contributed by atoms with van der Waals surface area (Å²) in [5.41, 5.74) is -4.44. The molecule has 0 amide bonds. The molecule has 3 N–H and O–H groups in total. The van der Waals surface area contributed by atoms with Gasteiger partial charge in [-0.15, -0.1) is 0 Å². The number of rotatable bonds is 4. The predicted octanol–water partition coefficient (Wildman–Crippen LogP) is 2.47. The lowest BCUT2D eigenvalue weighted by Crippen LogP contribution is -2.82. The van der Waals surface area contributed by atoms with Crippen molar-refractivity contribution in [3.63, 3.8) is 0 Å². The molecule has 224 valence electrons. The minimum Gasteiger partial charge on any atom is -0.455 e. The van der Waals surface area contributed by atoms with Crippen LogP contribution in [0.2, 0.25) is 0 Å². The van der Waals surface area contributed by atoms with Crippen LogP contribution in [0.1, 0.15) is 71.2 Å². The second-order valence-electron chi connectivity index (χ2n) is 12.9. The molecule has 2 saturated carbocycles. The summed E-state index contributed by atoms with van der Waals surface area (Å²) in [6.45, 7) is 9.41. The molecule has 0 aromatic heterocycles. The largest absolute Gasteiger partial charge is 0.455 e. The number of carbonyl (C=O) groups excluding carboxylic acids is 3. The van der Waals surface area contributed by atoms with Gasteiger partial charge in [-0.3, -0.25) is 9.59 Å². The monoisotopic (exact) mass is 572 g/mol. The van der Waals surface area contributed by atoms with Gasteiger partial charge < -0.3 is 34.3 Å². The molecule has 1 aromatic carbocycles. The van der Waals surface area contributed by atoms with Crippen LogP contribution in [0.4, 0.5) is 0 Å². The number of carbonyl (C=O) groups is 3. The Morgan fingerprint density at radius 3 is 2.22 bits per heavy atom.